The molecule has 92 valence electrons. The van der Waals surface area contributed by atoms with Crippen molar-refractivity contribution in [3.8, 4) is 0 Å². The number of benzene rings is 2. The van der Waals surface area contributed by atoms with Crippen LogP contribution in [0, 0.1) is 10.1 Å². The largest absolute Gasteiger partial charge is 0.273 e. The van der Waals surface area contributed by atoms with E-state index in [-0.39, 0.29) is 16.5 Å². The minimum Gasteiger partial charge on any atom is -0.258 e. The highest BCUT2D eigenvalue weighted by Crippen LogP contribution is 2.32. The van der Waals surface area contributed by atoms with Crippen LogP contribution in [0.4, 0.5) is 5.69 Å². The van der Waals surface area contributed by atoms with Crippen LogP contribution in [-0.2, 0) is 0 Å². The van der Waals surface area contributed by atoms with Crippen LogP contribution >= 0.6 is 15.9 Å². The topological polar surface area (TPSA) is 43.1 Å². The third-order valence-electron chi connectivity index (χ3n) is 2.87. The highest BCUT2D eigenvalue weighted by Gasteiger charge is 2.21. The van der Waals surface area contributed by atoms with Gasteiger partial charge in [-0.2, -0.15) is 0 Å². The van der Waals surface area contributed by atoms with Crippen molar-refractivity contribution in [2.75, 3.05) is 5.33 Å². The Morgan fingerprint density at radius 3 is 2.28 bits per heavy atom. The molecular weight excluding hydrogens is 294 g/mol. The van der Waals surface area contributed by atoms with Gasteiger partial charge in [0, 0.05) is 22.9 Å². The second-order valence-electron chi connectivity index (χ2n) is 3.93. The summed E-state index contributed by atoms with van der Waals surface area (Å²) in [4.78, 5) is 10.7. The van der Waals surface area contributed by atoms with Gasteiger partial charge >= 0.3 is 0 Å². The molecule has 2 aromatic rings. The van der Waals surface area contributed by atoms with Crippen molar-refractivity contribution in [3.63, 3.8) is 0 Å². The second-order valence-corrected chi connectivity index (χ2v) is 4.58. The number of alkyl halides is 1. The lowest BCUT2D eigenvalue weighted by Crippen LogP contribution is -2.05. The molecule has 0 radical (unpaired) electrons. The minimum atomic E-state index is -0.325. The Morgan fingerprint density at radius 1 is 1.06 bits per heavy atom. The number of hydrogen-bond acceptors (Lipinski definition) is 2. The van der Waals surface area contributed by atoms with Gasteiger partial charge < -0.3 is 0 Å². The van der Waals surface area contributed by atoms with E-state index in [4.69, 9.17) is 0 Å². The molecule has 0 spiro atoms. The highest BCUT2D eigenvalue weighted by molar-refractivity contribution is 9.09. The Morgan fingerprint density at radius 2 is 1.67 bits per heavy atom. The number of rotatable bonds is 4. The van der Waals surface area contributed by atoms with Gasteiger partial charge in [-0.25, -0.2) is 0 Å². The first-order valence-corrected chi connectivity index (χ1v) is 6.70. The summed E-state index contributed by atoms with van der Waals surface area (Å²) in [5.41, 5.74) is 1.99. The maximum Gasteiger partial charge on any atom is 0.273 e. The van der Waals surface area contributed by atoms with Gasteiger partial charge in [0.1, 0.15) is 0 Å². The molecule has 3 nitrogen and oxygen atoms in total. The van der Waals surface area contributed by atoms with E-state index in [1.54, 1.807) is 12.1 Å². The summed E-state index contributed by atoms with van der Waals surface area (Å²) in [7, 11) is 0. The minimum absolute atomic E-state index is 0.00667. The van der Waals surface area contributed by atoms with Crippen molar-refractivity contribution >= 4 is 21.6 Å². The maximum atomic E-state index is 11.1. The van der Waals surface area contributed by atoms with Gasteiger partial charge in [-0.1, -0.05) is 64.5 Å². The third-order valence-corrected chi connectivity index (χ3v) is 3.51. The van der Waals surface area contributed by atoms with E-state index in [1.807, 2.05) is 42.5 Å². The van der Waals surface area contributed by atoms with Crippen molar-refractivity contribution in [2.45, 2.75) is 5.92 Å². The zero-order chi connectivity index (χ0) is 13.0. The summed E-state index contributed by atoms with van der Waals surface area (Å²) in [6.45, 7) is 0. The van der Waals surface area contributed by atoms with Crippen molar-refractivity contribution < 1.29 is 4.92 Å². The molecule has 0 aliphatic heterocycles. The molecule has 0 heterocycles. The van der Waals surface area contributed by atoms with Crippen LogP contribution < -0.4 is 0 Å². The Balaban J connectivity index is 2.49. The van der Waals surface area contributed by atoms with Gasteiger partial charge in [0.25, 0.3) is 5.69 Å². The molecule has 2 aromatic carbocycles. The second kappa shape index (κ2) is 5.78. The molecule has 0 fully saturated rings. The Hall–Kier alpha value is -1.68. The first-order chi connectivity index (χ1) is 8.74. The number of nitrogens with zero attached hydrogens (tertiary/aromatic N) is 1. The molecule has 0 amide bonds. The highest BCUT2D eigenvalue weighted by atomic mass is 79.9. The van der Waals surface area contributed by atoms with Crippen LogP contribution in [0.1, 0.15) is 17.0 Å². The summed E-state index contributed by atoms with van der Waals surface area (Å²) in [5.74, 6) is -0.00667. The average Bonchev–Trinajstić information content (AvgIpc) is 2.41. The van der Waals surface area contributed by atoms with E-state index in [2.05, 4.69) is 15.9 Å². The SMILES string of the molecule is O=[N+]([O-])c1ccccc1C(CBr)c1ccccc1. The number of para-hydroxylation sites is 1. The molecule has 0 saturated carbocycles. The number of hydrogen-bond donors (Lipinski definition) is 0. The standard InChI is InChI=1S/C14H12BrNO2/c15-10-13(11-6-2-1-3-7-11)12-8-4-5-9-14(12)16(17)18/h1-9,13H,10H2. The number of nitro groups is 1. The lowest BCUT2D eigenvalue weighted by atomic mass is 9.92. The Bertz CT molecular complexity index is 543. The lowest BCUT2D eigenvalue weighted by Gasteiger charge is -2.14. The predicted molar refractivity (Wildman–Crippen MR) is 75.2 cm³/mol. The van der Waals surface area contributed by atoms with E-state index in [1.165, 1.54) is 0 Å². The average molecular weight is 306 g/mol. The van der Waals surface area contributed by atoms with E-state index >= 15 is 0 Å². The molecule has 1 atom stereocenters. The molecule has 0 bridgehead atoms. The number of nitro benzene ring substituents is 1. The predicted octanol–water partition coefficient (Wildman–Crippen LogP) is 4.12. The Kier molecular flexibility index (Phi) is 4.10. The van der Waals surface area contributed by atoms with Crippen LogP contribution in [-0.4, -0.2) is 10.3 Å². The van der Waals surface area contributed by atoms with Crippen LogP contribution in [0.5, 0.6) is 0 Å². The molecule has 0 aliphatic carbocycles. The van der Waals surface area contributed by atoms with Gasteiger partial charge in [0.2, 0.25) is 0 Å². The summed E-state index contributed by atoms with van der Waals surface area (Å²) in [5, 5.41) is 11.7. The molecule has 0 aliphatic rings. The van der Waals surface area contributed by atoms with Crippen molar-refractivity contribution in [1.82, 2.24) is 0 Å². The molecule has 2 rings (SSSR count). The Labute approximate surface area is 114 Å². The fraction of sp³-hybridized carbons (Fsp3) is 0.143. The lowest BCUT2D eigenvalue weighted by molar-refractivity contribution is -0.385. The molecule has 4 heteroatoms. The normalized spacial score (nSPS) is 12.1. The smallest absolute Gasteiger partial charge is 0.258 e. The zero-order valence-electron chi connectivity index (χ0n) is 9.62. The van der Waals surface area contributed by atoms with Gasteiger partial charge in [0.15, 0.2) is 0 Å². The summed E-state index contributed by atoms with van der Waals surface area (Å²) < 4.78 is 0. The van der Waals surface area contributed by atoms with Gasteiger partial charge in [-0.3, -0.25) is 10.1 Å². The van der Waals surface area contributed by atoms with Crippen molar-refractivity contribution in [3.05, 3.63) is 75.8 Å². The van der Waals surface area contributed by atoms with Gasteiger partial charge in [0.05, 0.1) is 4.92 Å². The van der Waals surface area contributed by atoms with E-state index in [0.717, 1.165) is 11.1 Å². The third kappa shape index (κ3) is 2.59. The molecule has 0 saturated heterocycles. The fourth-order valence-corrected chi connectivity index (χ4v) is 2.71. The quantitative estimate of drug-likeness (QED) is 0.484. The first kappa shape index (κ1) is 12.8. The van der Waals surface area contributed by atoms with Crippen molar-refractivity contribution in [1.29, 1.82) is 0 Å². The van der Waals surface area contributed by atoms with Crippen LogP contribution in [0.2, 0.25) is 0 Å². The number of halogens is 1. The molecule has 1 unspecified atom stereocenters. The molecule has 0 N–H and O–H groups in total. The van der Waals surface area contributed by atoms with Crippen LogP contribution in [0.15, 0.2) is 54.6 Å². The van der Waals surface area contributed by atoms with Crippen LogP contribution in [0.25, 0.3) is 0 Å². The molecule has 18 heavy (non-hydrogen) atoms. The van der Waals surface area contributed by atoms with E-state index < -0.39 is 0 Å². The van der Waals surface area contributed by atoms with Gasteiger partial charge in [-0.15, -0.1) is 0 Å². The molecular formula is C14H12BrNO2. The summed E-state index contributed by atoms with van der Waals surface area (Å²) >= 11 is 3.45. The monoisotopic (exact) mass is 305 g/mol. The van der Waals surface area contributed by atoms with Crippen molar-refractivity contribution in [2.24, 2.45) is 0 Å². The van der Waals surface area contributed by atoms with E-state index in [0.29, 0.717) is 5.33 Å². The summed E-state index contributed by atoms with van der Waals surface area (Å²) in [6.07, 6.45) is 0. The van der Waals surface area contributed by atoms with Crippen LogP contribution in [0.3, 0.4) is 0 Å². The van der Waals surface area contributed by atoms with Gasteiger partial charge in [-0.05, 0) is 5.56 Å². The fourth-order valence-electron chi connectivity index (χ4n) is 1.99. The maximum absolute atomic E-state index is 11.1. The van der Waals surface area contributed by atoms with E-state index in [9.17, 15) is 10.1 Å². The molecule has 0 aromatic heterocycles. The zero-order valence-corrected chi connectivity index (χ0v) is 11.2. The summed E-state index contributed by atoms with van der Waals surface area (Å²) in [6, 6.07) is 16.7. The first-order valence-electron chi connectivity index (χ1n) is 5.58.